The largest absolute Gasteiger partial charge is 0.474 e. The van der Waals surface area contributed by atoms with Crippen molar-refractivity contribution in [3.05, 3.63) is 23.9 Å². The van der Waals surface area contributed by atoms with E-state index in [2.05, 4.69) is 30.2 Å². The zero-order chi connectivity index (χ0) is 12.8. The third-order valence-electron chi connectivity index (χ3n) is 3.55. The van der Waals surface area contributed by atoms with Crippen LogP contribution in [0.2, 0.25) is 0 Å². The average molecular weight is 248 g/mol. The molecule has 1 aromatic rings. The lowest BCUT2D eigenvalue weighted by molar-refractivity contribution is 0.124. The summed E-state index contributed by atoms with van der Waals surface area (Å²) >= 11 is 0. The van der Waals surface area contributed by atoms with Crippen LogP contribution in [-0.2, 0) is 6.54 Å². The first-order valence-corrected chi connectivity index (χ1v) is 7.10. The highest BCUT2D eigenvalue weighted by atomic mass is 16.5. The number of hydrogen-bond acceptors (Lipinski definition) is 3. The van der Waals surface area contributed by atoms with Gasteiger partial charge in [-0.25, -0.2) is 4.98 Å². The second-order valence-electron chi connectivity index (χ2n) is 5.29. The van der Waals surface area contributed by atoms with Crippen molar-refractivity contribution in [3.8, 4) is 5.88 Å². The molecule has 3 heteroatoms. The molecule has 0 aliphatic heterocycles. The maximum absolute atomic E-state index is 6.01. The minimum Gasteiger partial charge on any atom is -0.474 e. The molecule has 0 radical (unpaired) electrons. The van der Waals surface area contributed by atoms with Crippen molar-refractivity contribution in [2.24, 2.45) is 5.92 Å². The number of hydrogen-bond donors (Lipinski definition) is 1. The molecule has 1 saturated carbocycles. The van der Waals surface area contributed by atoms with Gasteiger partial charge in [-0.15, -0.1) is 0 Å². The number of ether oxygens (including phenoxy) is 1. The molecule has 2 unspecified atom stereocenters. The highest BCUT2D eigenvalue weighted by Gasteiger charge is 2.20. The SMILES string of the molecule is CCNCc1ccnc(OC2CCCC(C)C2)c1. The number of nitrogens with zero attached hydrogens (tertiary/aromatic N) is 1. The van der Waals surface area contributed by atoms with Gasteiger partial charge < -0.3 is 10.1 Å². The van der Waals surface area contributed by atoms with Crippen LogP contribution in [0.4, 0.5) is 0 Å². The first kappa shape index (κ1) is 13.3. The Morgan fingerprint density at radius 1 is 1.44 bits per heavy atom. The summed E-state index contributed by atoms with van der Waals surface area (Å²) in [4.78, 5) is 4.32. The van der Waals surface area contributed by atoms with E-state index in [1.54, 1.807) is 0 Å². The third kappa shape index (κ3) is 3.98. The van der Waals surface area contributed by atoms with Crippen molar-refractivity contribution in [2.45, 2.75) is 52.2 Å². The van der Waals surface area contributed by atoms with Crippen molar-refractivity contribution < 1.29 is 4.74 Å². The van der Waals surface area contributed by atoms with E-state index in [9.17, 15) is 0 Å². The van der Waals surface area contributed by atoms with Gasteiger partial charge in [-0.1, -0.05) is 20.3 Å². The minimum atomic E-state index is 0.357. The van der Waals surface area contributed by atoms with E-state index in [0.29, 0.717) is 6.10 Å². The molecule has 1 fully saturated rings. The Morgan fingerprint density at radius 3 is 3.11 bits per heavy atom. The first-order chi connectivity index (χ1) is 8.78. The van der Waals surface area contributed by atoms with Crippen LogP contribution in [0, 0.1) is 5.92 Å². The minimum absolute atomic E-state index is 0.357. The maximum Gasteiger partial charge on any atom is 0.213 e. The standard InChI is InChI=1S/C15H24N2O/c1-3-16-11-13-7-8-17-15(10-13)18-14-6-4-5-12(2)9-14/h7-8,10,12,14,16H,3-6,9,11H2,1-2H3. The van der Waals surface area contributed by atoms with Crippen LogP contribution in [0.25, 0.3) is 0 Å². The topological polar surface area (TPSA) is 34.2 Å². The lowest BCUT2D eigenvalue weighted by Gasteiger charge is -2.27. The molecule has 1 aromatic heterocycles. The van der Waals surface area contributed by atoms with Gasteiger partial charge in [0, 0.05) is 18.8 Å². The number of rotatable bonds is 5. The Bertz CT molecular complexity index is 367. The van der Waals surface area contributed by atoms with Crippen LogP contribution in [0.15, 0.2) is 18.3 Å². The fourth-order valence-electron chi connectivity index (χ4n) is 2.55. The number of nitrogens with one attached hydrogen (secondary N) is 1. The molecular formula is C15H24N2O. The molecule has 0 aromatic carbocycles. The fraction of sp³-hybridized carbons (Fsp3) is 0.667. The van der Waals surface area contributed by atoms with E-state index < -0.39 is 0 Å². The third-order valence-corrected chi connectivity index (χ3v) is 3.55. The van der Waals surface area contributed by atoms with Gasteiger partial charge in [-0.2, -0.15) is 0 Å². The lowest BCUT2D eigenvalue weighted by atomic mass is 9.89. The molecule has 0 spiro atoms. The smallest absolute Gasteiger partial charge is 0.213 e. The van der Waals surface area contributed by atoms with E-state index in [0.717, 1.165) is 24.9 Å². The molecule has 1 aliphatic rings. The van der Waals surface area contributed by atoms with Crippen LogP contribution in [0.5, 0.6) is 5.88 Å². The summed E-state index contributed by atoms with van der Waals surface area (Å²) in [5, 5.41) is 3.32. The van der Waals surface area contributed by atoms with Crippen molar-refractivity contribution in [2.75, 3.05) is 6.54 Å². The van der Waals surface area contributed by atoms with Crippen LogP contribution >= 0.6 is 0 Å². The van der Waals surface area contributed by atoms with E-state index in [-0.39, 0.29) is 0 Å². The molecule has 0 bridgehead atoms. The lowest BCUT2D eigenvalue weighted by Crippen LogP contribution is -2.24. The molecule has 1 heterocycles. The molecule has 2 atom stereocenters. The van der Waals surface area contributed by atoms with E-state index in [1.165, 1.54) is 31.2 Å². The van der Waals surface area contributed by atoms with E-state index in [1.807, 2.05) is 12.3 Å². The van der Waals surface area contributed by atoms with Gasteiger partial charge >= 0.3 is 0 Å². The van der Waals surface area contributed by atoms with Gasteiger partial charge in [-0.05, 0) is 43.4 Å². The second kappa shape index (κ2) is 6.74. The zero-order valence-electron chi connectivity index (χ0n) is 11.5. The van der Waals surface area contributed by atoms with Crippen LogP contribution in [0.1, 0.15) is 45.1 Å². The highest BCUT2D eigenvalue weighted by Crippen LogP contribution is 2.26. The van der Waals surface area contributed by atoms with E-state index in [4.69, 9.17) is 4.74 Å². The Morgan fingerprint density at radius 2 is 2.33 bits per heavy atom. The summed E-state index contributed by atoms with van der Waals surface area (Å²) in [5.41, 5.74) is 1.24. The number of aromatic nitrogens is 1. The predicted molar refractivity (Wildman–Crippen MR) is 73.7 cm³/mol. The van der Waals surface area contributed by atoms with E-state index >= 15 is 0 Å². The van der Waals surface area contributed by atoms with Crippen LogP contribution < -0.4 is 10.1 Å². The van der Waals surface area contributed by atoms with Crippen molar-refractivity contribution >= 4 is 0 Å². The van der Waals surface area contributed by atoms with Gasteiger partial charge in [0.1, 0.15) is 6.10 Å². The van der Waals surface area contributed by atoms with Crippen LogP contribution in [-0.4, -0.2) is 17.6 Å². The van der Waals surface area contributed by atoms with Crippen molar-refractivity contribution in [1.82, 2.24) is 10.3 Å². The molecule has 1 N–H and O–H groups in total. The Balaban J connectivity index is 1.91. The monoisotopic (exact) mass is 248 g/mol. The summed E-state index contributed by atoms with van der Waals surface area (Å²) < 4.78 is 6.01. The van der Waals surface area contributed by atoms with Gasteiger partial charge in [-0.3, -0.25) is 0 Å². The second-order valence-corrected chi connectivity index (χ2v) is 5.29. The molecule has 1 aliphatic carbocycles. The van der Waals surface area contributed by atoms with Gasteiger partial charge in [0.25, 0.3) is 0 Å². The summed E-state index contributed by atoms with van der Waals surface area (Å²) in [5.74, 6) is 1.57. The number of pyridine rings is 1. The summed E-state index contributed by atoms with van der Waals surface area (Å²) in [6.07, 6.45) is 7.16. The molecule has 18 heavy (non-hydrogen) atoms. The first-order valence-electron chi connectivity index (χ1n) is 7.10. The van der Waals surface area contributed by atoms with Crippen molar-refractivity contribution in [3.63, 3.8) is 0 Å². The zero-order valence-corrected chi connectivity index (χ0v) is 11.5. The van der Waals surface area contributed by atoms with Gasteiger partial charge in [0.15, 0.2) is 0 Å². The maximum atomic E-state index is 6.01. The Hall–Kier alpha value is -1.09. The summed E-state index contributed by atoms with van der Waals surface area (Å²) in [6, 6.07) is 4.10. The average Bonchev–Trinajstić information content (AvgIpc) is 2.37. The van der Waals surface area contributed by atoms with Crippen molar-refractivity contribution in [1.29, 1.82) is 0 Å². The predicted octanol–water partition coefficient (Wildman–Crippen LogP) is 3.15. The molecule has 0 saturated heterocycles. The summed E-state index contributed by atoms with van der Waals surface area (Å²) in [6.45, 7) is 6.29. The van der Waals surface area contributed by atoms with Crippen LogP contribution in [0.3, 0.4) is 0 Å². The quantitative estimate of drug-likeness (QED) is 0.869. The molecule has 100 valence electrons. The molecule has 2 rings (SSSR count). The highest BCUT2D eigenvalue weighted by molar-refractivity contribution is 5.20. The fourth-order valence-corrected chi connectivity index (χ4v) is 2.55. The summed E-state index contributed by atoms with van der Waals surface area (Å²) in [7, 11) is 0. The molecular weight excluding hydrogens is 224 g/mol. The van der Waals surface area contributed by atoms with Gasteiger partial charge in [0.2, 0.25) is 5.88 Å². The van der Waals surface area contributed by atoms with Gasteiger partial charge in [0.05, 0.1) is 0 Å². The normalized spacial score (nSPS) is 23.9. The molecule has 0 amide bonds. The Labute approximate surface area is 110 Å². The molecule has 3 nitrogen and oxygen atoms in total. The Kier molecular flexibility index (Phi) is 5.00.